The summed E-state index contributed by atoms with van der Waals surface area (Å²) in [5.74, 6) is -0.988. The van der Waals surface area contributed by atoms with Crippen LogP contribution in [0.1, 0.15) is 6.92 Å². The Morgan fingerprint density at radius 1 is 1.64 bits per heavy atom. The summed E-state index contributed by atoms with van der Waals surface area (Å²) < 4.78 is 13.9. The standard InChI is InChI=1S/C5H9O5P/c1-3(2)4(6)10-5(7,8)11-9/h7-8H,1,11H2,2H3. The second-order valence-electron chi connectivity index (χ2n) is 1.95. The monoisotopic (exact) mass is 180 g/mol. The molecule has 0 rings (SSSR count). The van der Waals surface area contributed by atoms with Gasteiger partial charge >= 0.3 is 11.7 Å². The van der Waals surface area contributed by atoms with E-state index in [1.165, 1.54) is 6.92 Å². The van der Waals surface area contributed by atoms with Crippen LogP contribution in [0.2, 0.25) is 0 Å². The predicted molar refractivity (Wildman–Crippen MR) is 38.5 cm³/mol. The third kappa shape index (κ3) is 3.93. The molecule has 1 atom stereocenters. The molecule has 0 spiro atoms. The lowest BCUT2D eigenvalue weighted by Gasteiger charge is -2.14. The normalized spacial score (nSPS) is 11.9. The average Bonchev–Trinajstić information content (AvgIpc) is 1.87. The lowest BCUT2D eigenvalue weighted by molar-refractivity contribution is -0.256. The molecule has 0 aromatic carbocycles. The molecule has 0 saturated heterocycles. The molecule has 0 aromatic heterocycles. The van der Waals surface area contributed by atoms with Crippen molar-refractivity contribution in [2.45, 2.75) is 12.6 Å². The van der Waals surface area contributed by atoms with E-state index in [1.807, 2.05) is 0 Å². The molecule has 2 N–H and O–H groups in total. The van der Waals surface area contributed by atoms with Crippen molar-refractivity contribution in [3.63, 3.8) is 0 Å². The zero-order valence-electron chi connectivity index (χ0n) is 5.90. The van der Waals surface area contributed by atoms with Gasteiger partial charge in [-0.15, -0.1) is 0 Å². The van der Waals surface area contributed by atoms with E-state index in [9.17, 15) is 9.36 Å². The van der Waals surface area contributed by atoms with Gasteiger partial charge in [0.2, 0.25) is 0 Å². The van der Waals surface area contributed by atoms with Gasteiger partial charge in [-0.25, -0.2) is 4.79 Å². The van der Waals surface area contributed by atoms with Crippen LogP contribution >= 0.6 is 8.46 Å². The Balaban J connectivity index is 4.15. The Morgan fingerprint density at radius 2 is 2.09 bits per heavy atom. The number of carbonyl (C=O) groups is 1. The molecular formula is C5H9O5P. The Labute approximate surface area is 64.5 Å². The Hall–Kier alpha value is -0.640. The van der Waals surface area contributed by atoms with E-state index in [1.54, 1.807) is 0 Å². The van der Waals surface area contributed by atoms with Crippen LogP contribution in [-0.4, -0.2) is 21.9 Å². The van der Waals surface area contributed by atoms with E-state index in [0.29, 0.717) is 0 Å². The number of hydrogen-bond donors (Lipinski definition) is 2. The minimum atomic E-state index is -2.84. The molecule has 0 saturated carbocycles. The first-order chi connectivity index (χ1) is 4.89. The molecular weight excluding hydrogens is 171 g/mol. The quantitative estimate of drug-likeness (QED) is 0.263. The number of hydrogen-bond acceptors (Lipinski definition) is 5. The summed E-state index contributed by atoms with van der Waals surface area (Å²) in [5.41, 5.74) is -2.83. The molecule has 0 fully saturated rings. The van der Waals surface area contributed by atoms with E-state index >= 15 is 0 Å². The van der Waals surface area contributed by atoms with Crippen molar-refractivity contribution < 1.29 is 24.3 Å². The zero-order chi connectivity index (χ0) is 9.07. The number of ether oxygens (including phenoxy) is 1. The summed E-state index contributed by atoms with van der Waals surface area (Å²) >= 11 is 0. The van der Waals surface area contributed by atoms with E-state index in [4.69, 9.17) is 10.2 Å². The molecule has 6 heteroatoms. The van der Waals surface area contributed by atoms with Gasteiger partial charge in [0.15, 0.2) is 8.46 Å². The van der Waals surface area contributed by atoms with Crippen molar-refractivity contribution >= 4 is 14.4 Å². The maximum absolute atomic E-state index is 10.6. The second-order valence-corrected chi connectivity index (χ2v) is 2.93. The SMILES string of the molecule is C=C(C)C(=O)OC(O)(O)[PH2]=O. The molecule has 0 bridgehead atoms. The van der Waals surface area contributed by atoms with Crippen LogP contribution in [0.5, 0.6) is 0 Å². The van der Waals surface area contributed by atoms with Crippen molar-refractivity contribution in [2.24, 2.45) is 0 Å². The zero-order valence-corrected chi connectivity index (χ0v) is 7.06. The molecule has 1 unspecified atom stereocenters. The molecule has 0 radical (unpaired) electrons. The van der Waals surface area contributed by atoms with Gasteiger partial charge in [0.25, 0.3) is 0 Å². The van der Waals surface area contributed by atoms with Crippen LogP contribution in [0.15, 0.2) is 12.2 Å². The van der Waals surface area contributed by atoms with Crippen LogP contribution in [0.4, 0.5) is 0 Å². The van der Waals surface area contributed by atoms with Gasteiger partial charge < -0.3 is 19.5 Å². The van der Waals surface area contributed by atoms with Gasteiger partial charge in [0, 0.05) is 5.57 Å². The van der Waals surface area contributed by atoms with Crippen LogP contribution in [0, 0.1) is 0 Å². The predicted octanol–water partition coefficient (Wildman–Crippen LogP) is -0.542. The van der Waals surface area contributed by atoms with Crippen LogP contribution in [0.3, 0.4) is 0 Å². The van der Waals surface area contributed by atoms with Crippen LogP contribution in [-0.2, 0) is 14.1 Å². The second kappa shape index (κ2) is 3.67. The van der Waals surface area contributed by atoms with Crippen LogP contribution in [0.25, 0.3) is 0 Å². The number of rotatable bonds is 3. The van der Waals surface area contributed by atoms with Crippen molar-refractivity contribution in [1.82, 2.24) is 0 Å². The van der Waals surface area contributed by atoms with Crippen molar-refractivity contribution in [3.05, 3.63) is 12.2 Å². The van der Waals surface area contributed by atoms with Crippen molar-refractivity contribution in [2.75, 3.05) is 0 Å². The molecule has 0 aromatic rings. The third-order valence-electron chi connectivity index (χ3n) is 0.745. The summed E-state index contributed by atoms with van der Waals surface area (Å²) in [4.78, 5) is 10.6. The molecule has 0 aliphatic rings. The largest absolute Gasteiger partial charge is 0.399 e. The minimum Gasteiger partial charge on any atom is -0.399 e. The highest BCUT2D eigenvalue weighted by molar-refractivity contribution is 7.25. The van der Waals surface area contributed by atoms with Crippen molar-refractivity contribution in [1.29, 1.82) is 0 Å². The fraction of sp³-hybridized carbons (Fsp3) is 0.400. The first-order valence-electron chi connectivity index (χ1n) is 2.69. The Kier molecular flexibility index (Phi) is 3.45. The molecule has 64 valence electrons. The molecule has 0 aliphatic carbocycles. The first-order valence-corrected chi connectivity index (χ1v) is 3.74. The molecule has 0 amide bonds. The summed E-state index contributed by atoms with van der Waals surface area (Å²) in [6, 6.07) is 0. The van der Waals surface area contributed by atoms with Gasteiger partial charge in [0.05, 0.1) is 0 Å². The highest BCUT2D eigenvalue weighted by Gasteiger charge is 2.26. The lowest BCUT2D eigenvalue weighted by Crippen LogP contribution is -2.28. The Bertz CT molecular complexity index is 197. The topological polar surface area (TPSA) is 83.8 Å². The highest BCUT2D eigenvalue weighted by Crippen LogP contribution is 2.18. The van der Waals surface area contributed by atoms with E-state index < -0.39 is 20.1 Å². The maximum Gasteiger partial charge on any atom is 0.372 e. The maximum atomic E-state index is 10.6. The highest BCUT2D eigenvalue weighted by atomic mass is 31.1. The molecule has 0 heterocycles. The Morgan fingerprint density at radius 3 is 2.36 bits per heavy atom. The van der Waals surface area contributed by atoms with Crippen LogP contribution < -0.4 is 0 Å². The van der Waals surface area contributed by atoms with Gasteiger partial charge in [-0.1, -0.05) is 6.58 Å². The van der Waals surface area contributed by atoms with Crippen molar-refractivity contribution in [3.8, 4) is 0 Å². The lowest BCUT2D eigenvalue weighted by atomic mass is 10.4. The molecule has 0 aliphatic heterocycles. The number of aliphatic hydroxyl groups is 2. The average molecular weight is 180 g/mol. The summed E-state index contributed by atoms with van der Waals surface area (Å²) in [6.45, 7) is 4.52. The van der Waals surface area contributed by atoms with E-state index in [2.05, 4.69) is 11.3 Å². The fourth-order valence-corrected chi connectivity index (χ4v) is 0.403. The van der Waals surface area contributed by atoms with Gasteiger partial charge in [-0.2, -0.15) is 0 Å². The molecule has 11 heavy (non-hydrogen) atoms. The summed E-state index contributed by atoms with van der Waals surface area (Å²) in [6.07, 6.45) is 0. The summed E-state index contributed by atoms with van der Waals surface area (Å²) in [7, 11) is -2.00. The smallest absolute Gasteiger partial charge is 0.372 e. The fourth-order valence-electron chi connectivity index (χ4n) is 0.248. The summed E-state index contributed by atoms with van der Waals surface area (Å²) in [5, 5.41) is 17.1. The van der Waals surface area contributed by atoms with E-state index in [0.717, 1.165) is 0 Å². The van der Waals surface area contributed by atoms with E-state index in [-0.39, 0.29) is 5.57 Å². The minimum absolute atomic E-state index is 0.00493. The van der Waals surface area contributed by atoms with Gasteiger partial charge in [-0.3, -0.25) is 0 Å². The number of carbonyl (C=O) groups excluding carboxylic acids is 1. The first kappa shape index (κ1) is 10.4. The number of esters is 1. The van der Waals surface area contributed by atoms with Gasteiger partial charge in [0.1, 0.15) is 0 Å². The molecule has 5 nitrogen and oxygen atoms in total. The third-order valence-corrected chi connectivity index (χ3v) is 1.17. The van der Waals surface area contributed by atoms with Gasteiger partial charge in [-0.05, 0) is 6.92 Å².